The fourth-order valence-electron chi connectivity index (χ4n) is 1.89. The molecule has 1 atom stereocenters. The fraction of sp³-hybridized carbons (Fsp3) is 0.500. The first-order valence-electron chi connectivity index (χ1n) is 6.30. The molecule has 0 saturated heterocycles. The lowest BCUT2D eigenvalue weighted by molar-refractivity contribution is 0.0953. The molecule has 1 aliphatic carbocycles. The van der Waals surface area contributed by atoms with E-state index in [9.17, 15) is 4.79 Å². The van der Waals surface area contributed by atoms with Crippen molar-refractivity contribution in [1.82, 2.24) is 5.32 Å². The molecule has 5 heteroatoms. The van der Waals surface area contributed by atoms with Gasteiger partial charge in [0.25, 0.3) is 5.91 Å². The van der Waals surface area contributed by atoms with Crippen molar-refractivity contribution in [1.29, 1.82) is 0 Å². The molecule has 4 nitrogen and oxygen atoms in total. The van der Waals surface area contributed by atoms with E-state index in [1.807, 2.05) is 0 Å². The molecule has 1 unspecified atom stereocenters. The lowest BCUT2D eigenvalue weighted by Gasteiger charge is -2.12. The molecule has 0 aliphatic heterocycles. The number of ether oxygens (including phenoxy) is 2. The average molecular weight is 328 g/mol. The minimum atomic E-state index is -0.0916. The summed E-state index contributed by atoms with van der Waals surface area (Å²) in [6.45, 7) is 0.651. The molecule has 19 heavy (non-hydrogen) atoms. The highest BCUT2D eigenvalue weighted by molar-refractivity contribution is 9.09. The summed E-state index contributed by atoms with van der Waals surface area (Å²) in [5.74, 6) is 1.81. The molecule has 0 heterocycles. The Morgan fingerprint density at radius 1 is 1.37 bits per heavy atom. The smallest absolute Gasteiger partial charge is 0.251 e. The van der Waals surface area contributed by atoms with Gasteiger partial charge in [0.2, 0.25) is 0 Å². The van der Waals surface area contributed by atoms with Crippen molar-refractivity contribution in [3.63, 3.8) is 0 Å². The van der Waals surface area contributed by atoms with E-state index in [4.69, 9.17) is 9.47 Å². The molecular formula is C14H18BrNO3. The number of benzene rings is 1. The molecule has 0 radical (unpaired) electrons. The molecule has 1 aromatic rings. The second-order valence-corrected chi connectivity index (χ2v) is 5.81. The van der Waals surface area contributed by atoms with Crippen LogP contribution in [0, 0.1) is 5.92 Å². The second-order valence-electron chi connectivity index (χ2n) is 4.63. The van der Waals surface area contributed by atoms with Crippen molar-refractivity contribution in [2.45, 2.75) is 17.7 Å². The third-order valence-corrected chi connectivity index (χ3v) is 4.31. The summed E-state index contributed by atoms with van der Waals surface area (Å²) >= 11 is 3.60. The topological polar surface area (TPSA) is 47.6 Å². The summed E-state index contributed by atoms with van der Waals surface area (Å²) in [6, 6.07) is 5.16. The molecule has 0 bridgehead atoms. The molecular weight excluding hydrogens is 310 g/mol. The van der Waals surface area contributed by atoms with Crippen LogP contribution in [0.5, 0.6) is 11.5 Å². The number of hydrogen-bond donors (Lipinski definition) is 1. The maximum Gasteiger partial charge on any atom is 0.251 e. The van der Waals surface area contributed by atoms with Crippen molar-refractivity contribution in [3.05, 3.63) is 23.8 Å². The number of halogens is 1. The summed E-state index contributed by atoms with van der Waals surface area (Å²) in [5, 5.41) is 2.93. The maximum absolute atomic E-state index is 12.0. The zero-order valence-electron chi connectivity index (χ0n) is 11.1. The van der Waals surface area contributed by atoms with E-state index in [0.29, 0.717) is 34.4 Å². The van der Waals surface area contributed by atoms with Crippen LogP contribution in [0.4, 0.5) is 0 Å². The van der Waals surface area contributed by atoms with Crippen LogP contribution >= 0.6 is 15.9 Å². The standard InChI is InChI=1S/C14H18BrNO3/c1-18-12-6-5-10(7-13(12)19-2)14(17)16-8-11(15)9-3-4-9/h5-7,9,11H,3-4,8H2,1-2H3,(H,16,17). The lowest BCUT2D eigenvalue weighted by Crippen LogP contribution is -2.30. The molecule has 1 aromatic carbocycles. The number of alkyl halides is 1. The van der Waals surface area contributed by atoms with Crippen LogP contribution in [0.2, 0.25) is 0 Å². The minimum Gasteiger partial charge on any atom is -0.493 e. The molecule has 1 fully saturated rings. The molecule has 1 amide bonds. The Balaban J connectivity index is 1.97. The van der Waals surface area contributed by atoms with Gasteiger partial charge in [0, 0.05) is 16.9 Å². The second kappa shape index (κ2) is 6.28. The number of methoxy groups -OCH3 is 2. The zero-order valence-corrected chi connectivity index (χ0v) is 12.7. The maximum atomic E-state index is 12.0. The first-order valence-corrected chi connectivity index (χ1v) is 7.21. The van der Waals surface area contributed by atoms with Gasteiger partial charge in [-0.25, -0.2) is 0 Å². The summed E-state index contributed by atoms with van der Waals surface area (Å²) in [7, 11) is 3.13. The van der Waals surface area contributed by atoms with Crippen molar-refractivity contribution in [2.24, 2.45) is 5.92 Å². The molecule has 2 rings (SSSR count). The zero-order chi connectivity index (χ0) is 13.8. The molecule has 0 aromatic heterocycles. The van der Waals surface area contributed by atoms with Crippen LogP contribution in [0.15, 0.2) is 18.2 Å². The van der Waals surface area contributed by atoms with Gasteiger partial charge >= 0.3 is 0 Å². The van der Waals surface area contributed by atoms with Gasteiger partial charge in [-0.05, 0) is 37.0 Å². The van der Waals surface area contributed by atoms with Crippen molar-refractivity contribution in [3.8, 4) is 11.5 Å². The number of amides is 1. The summed E-state index contributed by atoms with van der Waals surface area (Å²) in [5.41, 5.74) is 0.577. The van der Waals surface area contributed by atoms with Crippen LogP contribution in [0.3, 0.4) is 0 Å². The van der Waals surface area contributed by atoms with E-state index in [0.717, 1.165) is 0 Å². The van der Waals surface area contributed by atoms with Crippen LogP contribution in [0.25, 0.3) is 0 Å². The number of carbonyl (C=O) groups is 1. The summed E-state index contributed by atoms with van der Waals surface area (Å²) < 4.78 is 10.3. The SMILES string of the molecule is COc1ccc(C(=O)NCC(Br)C2CC2)cc1OC. The van der Waals surface area contributed by atoms with E-state index in [-0.39, 0.29) is 5.91 Å². The van der Waals surface area contributed by atoms with Gasteiger partial charge in [-0.3, -0.25) is 4.79 Å². The Morgan fingerprint density at radius 2 is 2.05 bits per heavy atom. The van der Waals surface area contributed by atoms with Crippen molar-refractivity contribution >= 4 is 21.8 Å². The number of nitrogens with one attached hydrogen (secondary N) is 1. The van der Waals surface area contributed by atoms with E-state index in [2.05, 4.69) is 21.2 Å². The van der Waals surface area contributed by atoms with E-state index in [1.54, 1.807) is 32.4 Å². The largest absolute Gasteiger partial charge is 0.493 e. The molecule has 104 valence electrons. The Morgan fingerprint density at radius 3 is 2.63 bits per heavy atom. The van der Waals surface area contributed by atoms with Crippen LogP contribution < -0.4 is 14.8 Å². The number of hydrogen-bond acceptors (Lipinski definition) is 3. The van der Waals surface area contributed by atoms with Crippen LogP contribution in [0.1, 0.15) is 23.2 Å². The summed E-state index contributed by atoms with van der Waals surface area (Å²) in [4.78, 5) is 12.4. The predicted molar refractivity (Wildman–Crippen MR) is 77.3 cm³/mol. The third-order valence-electron chi connectivity index (χ3n) is 3.24. The van der Waals surface area contributed by atoms with Crippen LogP contribution in [-0.4, -0.2) is 31.5 Å². The number of rotatable bonds is 6. The average Bonchev–Trinajstić information content (AvgIpc) is 3.28. The fourth-order valence-corrected chi connectivity index (χ4v) is 2.58. The highest BCUT2D eigenvalue weighted by Gasteiger charge is 2.29. The Labute approximate surface area is 121 Å². The minimum absolute atomic E-state index is 0.0916. The Kier molecular flexibility index (Phi) is 4.69. The van der Waals surface area contributed by atoms with Gasteiger partial charge in [0.1, 0.15) is 0 Å². The number of carbonyl (C=O) groups excluding carboxylic acids is 1. The quantitative estimate of drug-likeness (QED) is 0.817. The predicted octanol–water partition coefficient (Wildman–Crippen LogP) is 2.61. The first kappa shape index (κ1) is 14.2. The lowest BCUT2D eigenvalue weighted by atomic mass is 10.2. The Hall–Kier alpha value is -1.23. The molecule has 1 saturated carbocycles. The van der Waals surface area contributed by atoms with E-state index in [1.165, 1.54) is 12.8 Å². The molecule has 0 spiro atoms. The van der Waals surface area contributed by atoms with E-state index >= 15 is 0 Å². The highest BCUT2D eigenvalue weighted by Crippen LogP contribution is 2.36. The van der Waals surface area contributed by atoms with Gasteiger partial charge in [-0.1, -0.05) is 15.9 Å². The van der Waals surface area contributed by atoms with Gasteiger partial charge < -0.3 is 14.8 Å². The third kappa shape index (κ3) is 3.62. The van der Waals surface area contributed by atoms with Gasteiger partial charge in [-0.15, -0.1) is 0 Å². The molecule has 1 aliphatic rings. The monoisotopic (exact) mass is 327 g/mol. The van der Waals surface area contributed by atoms with Gasteiger partial charge in [0.05, 0.1) is 14.2 Å². The van der Waals surface area contributed by atoms with Crippen molar-refractivity contribution in [2.75, 3.05) is 20.8 Å². The van der Waals surface area contributed by atoms with Gasteiger partial charge in [-0.2, -0.15) is 0 Å². The normalized spacial score (nSPS) is 15.7. The van der Waals surface area contributed by atoms with E-state index < -0.39 is 0 Å². The highest BCUT2D eigenvalue weighted by atomic mass is 79.9. The van der Waals surface area contributed by atoms with Gasteiger partial charge in [0.15, 0.2) is 11.5 Å². The first-order chi connectivity index (χ1) is 9.15. The Bertz CT molecular complexity index is 460. The van der Waals surface area contributed by atoms with Crippen LogP contribution in [-0.2, 0) is 0 Å². The summed E-state index contributed by atoms with van der Waals surface area (Å²) in [6.07, 6.45) is 2.50. The van der Waals surface area contributed by atoms with Crippen molar-refractivity contribution < 1.29 is 14.3 Å². The molecule has 1 N–H and O–H groups in total.